The molecule has 0 saturated carbocycles. The Morgan fingerprint density at radius 1 is 0.500 bits per heavy atom. The van der Waals surface area contributed by atoms with Gasteiger partial charge in [-0.25, -0.2) is 9.98 Å². The molecule has 0 aliphatic carbocycles. The Hall–Kier alpha value is -7.65. The lowest BCUT2D eigenvalue weighted by molar-refractivity contribution is -0.114. The van der Waals surface area contributed by atoms with E-state index in [1.165, 1.54) is 9.80 Å². The minimum atomic E-state index is -0.441. The number of hydrogen-bond donors (Lipinski definition) is 0. The molecule has 9 nitrogen and oxygen atoms in total. The van der Waals surface area contributed by atoms with Crippen LogP contribution in [-0.4, -0.2) is 43.5 Å². The van der Waals surface area contributed by atoms with Gasteiger partial charge in [0.2, 0.25) is 0 Å². The molecule has 0 unspecified atom stereocenters. The minimum absolute atomic E-state index is 0.171. The molecule has 9 heteroatoms. The van der Waals surface area contributed by atoms with Gasteiger partial charge >= 0.3 is 0 Å². The van der Waals surface area contributed by atoms with Crippen LogP contribution in [0.2, 0.25) is 0 Å². The highest BCUT2D eigenvalue weighted by atomic mass is 16.5. The van der Waals surface area contributed by atoms with Gasteiger partial charge in [0, 0.05) is 22.3 Å². The average Bonchev–Trinajstić information content (AvgIpc) is 3.76. The fraction of sp³-hybridized carbons (Fsp3) is 0.0426. The van der Waals surface area contributed by atoms with Gasteiger partial charge in [0.25, 0.3) is 11.8 Å². The van der Waals surface area contributed by atoms with Gasteiger partial charge in [-0.3, -0.25) is 24.2 Å². The Kier molecular flexibility index (Phi) is 9.71. The summed E-state index contributed by atoms with van der Waals surface area (Å²) in [6.45, 7) is 0. The fourth-order valence-corrected chi connectivity index (χ4v) is 6.55. The maximum atomic E-state index is 14.8. The Morgan fingerprint density at radius 3 is 1.38 bits per heavy atom. The first kappa shape index (κ1) is 35.4. The summed E-state index contributed by atoms with van der Waals surface area (Å²) in [5.41, 5.74) is 4.60. The Labute approximate surface area is 323 Å². The SMILES string of the molecule is COc1ccc(/C=C2\N=C(c3ccccc3)N(c3ccc(C(=O)c4ccccc4)cc3N3C(=O)/C(=C/c4ccc(OC)cc4)N=C3c3ccccc3)C2=O)cc1. The van der Waals surface area contributed by atoms with Crippen molar-refractivity contribution >= 4 is 52.8 Å². The number of rotatable bonds is 10. The van der Waals surface area contributed by atoms with Crippen LogP contribution in [0.1, 0.15) is 38.2 Å². The molecule has 0 fully saturated rings. The molecule has 8 rings (SSSR count). The summed E-state index contributed by atoms with van der Waals surface area (Å²) < 4.78 is 10.7. The number of methoxy groups -OCH3 is 2. The number of ketones is 1. The summed E-state index contributed by atoms with van der Waals surface area (Å²) >= 11 is 0. The van der Waals surface area contributed by atoms with Crippen molar-refractivity contribution in [3.05, 3.63) is 203 Å². The van der Waals surface area contributed by atoms with E-state index < -0.39 is 11.8 Å². The Balaban J connectivity index is 1.32. The van der Waals surface area contributed by atoms with Crippen LogP contribution in [0.25, 0.3) is 12.2 Å². The van der Waals surface area contributed by atoms with Crippen molar-refractivity contribution in [3.63, 3.8) is 0 Å². The second kappa shape index (κ2) is 15.4. The van der Waals surface area contributed by atoms with E-state index in [-0.39, 0.29) is 22.9 Å². The lowest BCUT2D eigenvalue weighted by Gasteiger charge is -2.27. The highest BCUT2D eigenvalue weighted by Crippen LogP contribution is 2.40. The zero-order chi connectivity index (χ0) is 38.6. The number of ether oxygens (including phenoxy) is 2. The number of anilines is 2. The molecule has 56 heavy (non-hydrogen) atoms. The summed E-state index contributed by atoms with van der Waals surface area (Å²) in [6.07, 6.45) is 3.42. The van der Waals surface area contributed by atoms with E-state index in [9.17, 15) is 14.4 Å². The van der Waals surface area contributed by atoms with Crippen molar-refractivity contribution in [1.82, 2.24) is 0 Å². The quantitative estimate of drug-likeness (QED) is 0.104. The predicted molar refractivity (Wildman–Crippen MR) is 219 cm³/mol. The first-order valence-electron chi connectivity index (χ1n) is 17.8. The van der Waals surface area contributed by atoms with Gasteiger partial charge in [-0.2, -0.15) is 0 Å². The molecule has 2 aliphatic heterocycles. The van der Waals surface area contributed by atoms with Crippen LogP contribution in [0.4, 0.5) is 11.4 Å². The molecule has 2 amide bonds. The maximum Gasteiger partial charge on any atom is 0.282 e. The van der Waals surface area contributed by atoms with Crippen molar-refractivity contribution in [2.75, 3.05) is 24.0 Å². The minimum Gasteiger partial charge on any atom is -0.497 e. The van der Waals surface area contributed by atoms with Gasteiger partial charge in [0.15, 0.2) is 5.78 Å². The number of carbonyl (C=O) groups excluding carboxylic acids is 3. The Bertz CT molecular complexity index is 2580. The van der Waals surface area contributed by atoms with Crippen LogP contribution >= 0.6 is 0 Å². The summed E-state index contributed by atoms with van der Waals surface area (Å²) in [4.78, 5) is 56.3. The molecule has 0 aromatic heterocycles. The van der Waals surface area contributed by atoms with Crippen molar-refractivity contribution in [2.24, 2.45) is 9.98 Å². The fourth-order valence-electron chi connectivity index (χ4n) is 6.55. The molecule has 2 heterocycles. The largest absolute Gasteiger partial charge is 0.497 e. The van der Waals surface area contributed by atoms with Crippen molar-refractivity contribution in [2.45, 2.75) is 0 Å². The third-order valence-electron chi connectivity index (χ3n) is 9.38. The average molecular weight is 735 g/mol. The number of benzene rings is 6. The van der Waals surface area contributed by atoms with Crippen molar-refractivity contribution in [3.8, 4) is 11.5 Å². The monoisotopic (exact) mass is 734 g/mol. The lowest BCUT2D eigenvalue weighted by atomic mass is 10.0. The molecule has 0 saturated heterocycles. The van der Waals surface area contributed by atoms with E-state index in [1.54, 1.807) is 68.8 Å². The smallest absolute Gasteiger partial charge is 0.282 e. The molecule has 6 aromatic carbocycles. The van der Waals surface area contributed by atoms with E-state index in [1.807, 2.05) is 115 Å². The lowest BCUT2D eigenvalue weighted by Crippen LogP contribution is -2.38. The van der Waals surface area contributed by atoms with Crippen LogP contribution in [0.3, 0.4) is 0 Å². The highest BCUT2D eigenvalue weighted by molar-refractivity contribution is 6.38. The van der Waals surface area contributed by atoms with Crippen LogP contribution < -0.4 is 19.3 Å². The molecule has 272 valence electrons. The molecule has 0 spiro atoms. The molecular formula is C47H34N4O5. The molecule has 0 radical (unpaired) electrons. The zero-order valence-electron chi connectivity index (χ0n) is 30.5. The topological polar surface area (TPSA) is 101 Å². The normalized spacial score (nSPS) is 15.3. The van der Waals surface area contributed by atoms with Crippen LogP contribution in [-0.2, 0) is 9.59 Å². The van der Waals surface area contributed by atoms with Crippen molar-refractivity contribution < 1.29 is 23.9 Å². The van der Waals surface area contributed by atoms with Crippen LogP contribution in [0.15, 0.2) is 179 Å². The van der Waals surface area contributed by atoms with Gasteiger partial charge in [0.05, 0.1) is 25.6 Å². The van der Waals surface area contributed by atoms with E-state index in [4.69, 9.17) is 19.5 Å². The van der Waals surface area contributed by atoms with Gasteiger partial charge in [-0.05, 0) is 65.7 Å². The summed E-state index contributed by atoms with van der Waals surface area (Å²) in [5, 5.41) is 0. The number of aliphatic imine (C=N–C) groups is 2. The van der Waals surface area contributed by atoms with E-state index in [0.717, 1.165) is 11.1 Å². The van der Waals surface area contributed by atoms with Crippen molar-refractivity contribution in [1.29, 1.82) is 0 Å². The second-order valence-corrected chi connectivity index (χ2v) is 12.9. The molecule has 2 aliphatic rings. The molecule has 0 atom stereocenters. The highest BCUT2D eigenvalue weighted by Gasteiger charge is 2.39. The van der Waals surface area contributed by atoms with Gasteiger partial charge in [-0.1, -0.05) is 115 Å². The molecular weight excluding hydrogens is 701 g/mol. The number of carbonyl (C=O) groups is 3. The molecule has 0 N–H and O–H groups in total. The number of hydrogen-bond acceptors (Lipinski definition) is 7. The van der Waals surface area contributed by atoms with E-state index >= 15 is 0 Å². The standard InChI is InChI=1S/C47H34N4O5/c1-55-37-23-18-31(19-24-37)28-39-46(53)50(44(48-39)34-14-8-4-9-15-34)41-27-22-36(43(52)33-12-6-3-7-13-33)30-42(41)51-45(35-16-10-5-11-17-35)49-40(47(51)54)29-32-20-25-38(56-2)26-21-32/h3-30H,1-2H3/b39-28-,40-29-. The number of amidine groups is 2. The second-order valence-electron chi connectivity index (χ2n) is 12.9. The van der Waals surface area contributed by atoms with Crippen LogP contribution in [0.5, 0.6) is 11.5 Å². The van der Waals surface area contributed by atoms with Gasteiger partial charge in [0.1, 0.15) is 34.6 Å². The van der Waals surface area contributed by atoms with E-state index in [2.05, 4.69) is 0 Å². The molecule has 0 bridgehead atoms. The zero-order valence-corrected chi connectivity index (χ0v) is 30.5. The first-order chi connectivity index (χ1) is 27.4. The summed E-state index contributed by atoms with van der Waals surface area (Å²) in [6, 6.07) is 47.2. The summed E-state index contributed by atoms with van der Waals surface area (Å²) in [7, 11) is 3.18. The van der Waals surface area contributed by atoms with Gasteiger partial charge in [-0.15, -0.1) is 0 Å². The third kappa shape index (κ3) is 6.92. The number of amides is 2. The number of nitrogens with zero attached hydrogens (tertiary/aromatic N) is 4. The van der Waals surface area contributed by atoms with Crippen LogP contribution in [0, 0.1) is 0 Å². The first-order valence-corrected chi connectivity index (χ1v) is 17.8. The van der Waals surface area contributed by atoms with E-state index in [0.29, 0.717) is 51.1 Å². The predicted octanol–water partition coefficient (Wildman–Crippen LogP) is 8.60. The maximum absolute atomic E-state index is 14.8. The van der Waals surface area contributed by atoms with Gasteiger partial charge < -0.3 is 9.47 Å². The summed E-state index contributed by atoms with van der Waals surface area (Å²) in [5.74, 6) is 0.947. The third-order valence-corrected chi connectivity index (χ3v) is 9.38. The molecule has 6 aromatic rings. The Morgan fingerprint density at radius 2 is 0.929 bits per heavy atom.